The quantitative estimate of drug-likeness (QED) is 0.503. The number of primary amides is 1. The van der Waals surface area contributed by atoms with E-state index in [2.05, 4.69) is 15.2 Å². The molecule has 0 radical (unpaired) electrons. The summed E-state index contributed by atoms with van der Waals surface area (Å²) in [7, 11) is 0. The van der Waals surface area contributed by atoms with Crippen molar-refractivity contribution in [2.45, 2.75) is 51.4 Å². The Labute approximate surface area is 172 Å². The first-order valence-corrected chi connectivity index (χ1v) is 10.8. The molecule has 1 aliphatic heterocycles. The molecule has 3 rings (SSSR count). The molecule has 7 heteroatoms. The Kier molecular flexibility index (Phi) is 7.63. The van der Waals surface area contributed by atoms with Crippen LogP contribution in [0.25, 0.3) is 0 Å². The molecule has 5 N–H and O–H groups in total. The number of carbonyl (C=O) groups is 2. The maximum atomic E-state index is 12.3. The fourth-order valence-electron chi connectivity index (χ4n) is 4.45. The number of nitrogens with one attached hydrogen (secondary N) is 1. The van der Waals surface area contributed by atoms with Gasteiger partial charge in [-0.05, 0) is 56.5 Å². The van der Waals surface area contributed by atoms with Crippen molar-refractivity contribution in [3.05, 3.63) is 29.8 Å². The van der Waals surface area contributed by atoms with Crippen molar-refractivity contribution in [1.82, 2.24) is 4.90 Å². The van der Waals surface area contributed by atoms with Crippen LogP contribution in [0.15, 0.2) is 29.3 Å². The van der Waals surface area contributed by atoms with Crippen LogP contribution in [0.2, 0.25) is 0 Å². The third-order valence-corrected chi connectivity index (χ3v) is 6.13. The molecule has 1 saturated carbocycles. The van der Waals surface area contributed by atoms with E-state index in [9.17, 15) is 9.59 Å². The number of piperidine rings is 1. The Morgan fingerprint density at radius 3 is 2.66 bits per heavy atom. The van der Waals surface area contributed by atoms with Crippen molar-refractivity contribution >= 4 is 23.5 Å². The van der Waals surface area contributed by atoms with Crippen molar-refractivity contribution in [2.24, 2.45) is 28.3 Å². The molecular formula is C22H33N5O2. The summed E-state index contributed by atoms with van der Waals surface area (Å²) in [5.41, 5.74) is 12.3. The molecule has 0 bridgehead atoms. The first-order valence-electron chi connectivity index (χ1n) is 10.8. The third-order valence-electron chi connectivity index (χ3n) is 6.13. The van der Waals surface area contributed by atoms with Crippen LogP contribution in [0.5, 0.6) is 0 Å². The molecule has 1 unspecified atom stereocenters. The highest BCUT2D eigenvalue weighted by Gasteiger charge is 2.24. The van der Waals surface area contributed by atoms with Crippen molar-refractivity contribution in [1.29, 1.82) is 0 Å². The summed E-state index contributed by atoms with van der Waals surface area (Å²) >= 11 is 0. The first kappa shape index (κ1) is 21.3. The summed E-state index contributed by atoms with van der Waals surface area (Å²) in [6.07, 6.45) is 10.2. The lowest BCUT2D eigenvalue weighted by Crippen LogP contribution is -2.42. The summed E-state index contributed by atoms with van der Waals surface area (Å²) in [5, 5.41) is 2.66. The highest BCUT2D eigenvalue weighted by atomic mass is 16.2. The molecule has 29 heavy (non-hydrogen) atoms. The van der Waals surface area contributed by atoms with E-state index >= 15 is 0 Å². The second-order valence-electron chi connectivity index (χ2n) is 8.34. The standard InChI is InChI=1S/C22H33N5O2/c23-20(26-22(29)25-19-10-4-8-17(14-19)21(24)28)18-9-5-12-27(15-18)13-11-16-6-2-1-3-7-16/h4,8,10,14,16,18H,1-3,5-7,9,11-13,15H2,(H2,24,28)(H3,23,25,26,29). The van der Waals surface area contributed by atoms with Gasteiger partial charge < -0.3 is 21.7 Å². The van der Waals surface area contributed by atoms with Gasteiger partial charge in [0.1, 0.15) is 5.84 Å². The molecule has 2 aliphatic rings. The molecule has 1 aromatic rings. The summed E-state index contributed by atoms with van der Waals surface area (Å²) in [4.78, 5) is 30.0. The van der Waals surface area contributed by atoms with E-state index in [-0.39, 0.29) is 5.92 Å². The molecule has 0 spiro atoms. The molecule has 0 aromatic heterocycles. The summed E-state index contributed by atoms with van der Waals surface area (Å²) < 4.78 is 0. The van der Waals surface area contributed by atoms with Crippen LogP contribution >= 0.6 is 0 Å². The summed E-state index contributed by atoms with van der Waals surface area (Å²) in [6.45, 7) is 3.08. The minimum Gasteiger partial charge on any atom is -0.387 e. The lowest BCUT2D eigenvalue weighted by atomic mass is 9.86. The Hall–Kier alpha value is -2.41. The van der Waals surface area contributed by atoms with Crippen LogP contribution in [-0.4, -0.2) is 42.3 Å². The van der Waals surface area contributed by atoms with E-state index < -0.39 is 11.9 Å². The van der Waals surface area contributed by atoms with E-state index in [1.165, 1.54) is 44.6 Å². The number of amides is 3. The van der Waals surface area contributed by atoms with Gasteiger partial charge in [-0.3, -0.25) is 4.79 Å². The number of likely N-dealkylation sites (tertiary alicyclic amines) is 1. The number of urea groups is 1. The maximum Gasteiger partial charge on any atom is 0.347 e. The SMILES string of the molecule is NC(=O)c1cccc(NC(=O)/N=C(\N)C2CCCN(CCC3CCCCC3)C2)c1. The fraction of sp³-hybridized carbons (Fsp3) is 0.591. The Bertz CT molecular complexity index is 742. The van der Waals surface area contributed by atoms with Gasteiger partial charge in [0.25, 0.3) is 0 Å². The van der Waals surface area contributed by atoms with Crippen LogP contribution in [-0.2, 0) is 0 Å². The Morgan fingerprint density at radius 1 is 1.10 bits per heavy atom. The number of amidine groups is 1. The van der Waals surface area contributed by atoms with Gasteiger partial charge in [-0.2, -0.15) is 4.99 Å². The number of benzene rings is 1. The van der Waals surface area contributed by atoms with Crippen molar-refractivity contribution in [3.8, 4) is 0 Å². The van der Waals surface area contributed by atoms with E-state index in [4.69, 9.17) is 11.5 Å². The second-order valence-corrected chi connectivity index (χ2v) is 8.34. The summed E-state index contributed by atoms with van der Waals surface area (Å²) in [6, 6.07) is 5.94. The smallest absolute Gasteiger partial charge is 0.347 e. The summed E-state index contributed by atoms with van der Waals surface area (Å²) in [5.74, 6) is 0.824. The maximum absolute atomic E-state index is 12.3. The molecule has 1 aliphatic carbocycles. The van der Waals surface area contributed by atoms with Crippen LogP contribution in [0.3, 0.4) is 0 Å². The molecule has 1 heterocycles. The van der Waals surface area contributed by atoms with Gasteiger partial charge in [-0.15, -0.1) is 0 Å². The molecule has 1 atom stereocenters. The van der Waals surface area contributed by atoms with Gasteiger partial charge >= 0.3 is 6.03 Å². The Balaban J connectivity index is 1.50. The monoisotopic (exact) mass is 399 g/mol. The average Bonchev–Trinajstić information content (AvgIpc) is 2.73. The van der Waals surface area contributed by atoms with Gasteiger partial charge in [0.15, 0.2) is 0 Å². The van der Waals surface area contributed by atoms with E-state index in [0.29, 0.717) is 17.1 Å². The van der Waals surface area contributed by atoms with Gasteiger partial charge in [-0.1, -0.05) is 38.2 Å². The number of hydrogen-bond acceptors (Lipinski definition) is 3. The Morgan fingerprint density at radius 2 is 1.90 bits per heavy atom. The molecular weight excluding hydrogens is 366 g/mol. The lowest BCUT2D eigenvalue weighted by molar-refractivity contribution is 0.1000. The van der Waals surface area contributed by atoms with Crippen molar-refractivity contribution in [3.63, 3.8) is 0 Å². The number of hydrogen-bond donors (Lipinski definition) is 3. The van der Waals surface area contributed by atoms with E-state index in [1.807, 2.05) is 0 Å². The minimum atomic E-state index is -0.542. The number of anilines is 1. The molecule has 7 nitrogen and oxygen atoms in total. The highest BCUT2D eigenvalue weighted by molar-refractivity contribution is 6.01. The predicted molar refractivity (Wildman–Crippen MR) is 116 cm³/mol. The number of aliphatic imine (C=N–C) groups is 1. The van der Waals surface area contributed by atoms with Gasteiger partial charge in [0.05, 0.1) is 0 Å². The van der Waals surface area contributed by atoms with E-state index in [1.54, 1.807) is 18.2 Å². The largest absolute Gasteiger partial charge is 0.387 e. The second kappa shape index (κ2) is 10.4. The molecule has 3 amide bonds. The average molecular weight is 400 g/mol. The van der Waals surface area contributed by atoms with Crippen LogP contribution < -0.4 is 16.8 Å². The van der Waals surface area contributed by atoms with Gasteiger partial charge in [0.2, 0.25) is 5.91 Å². The molecule has 158 valence electrons. The van der Waals surface area contributed by atoms with Gasteiger partial charge in [-0.25, -0.2) is 4.79 Å². The highest BCUT2D eigenvalue weighted by Crippen LogP contribution is 2.27. The zero-order chi connectivity index (χ0) is 20.6. The number of carbonyl (C=O) groups excluding carboxylic acids is 2. The van der Waals surface area contributed by atoms with Crippen molar-refractivity contribution < 1.29 is 9.59 Å². The topological polar surface area (TPSA) is 114 Å². The molecule has 1 aromatic carbocycles. The van der Waals surface area contributed by atoms with Crippen molar-refractivity contribution in [2.75, 3.05) is 25.0 Å². The normalized spacial score (nSPS) is 21.7. The number of rotatable bonds is 6. The van der Waals surface area contributed by atoms with Crippen LogP contribution in [0.4, 0.5) is 10.5 Å². The third kappa shape index (κ3) is 6.56. The van der Waals surface area contributed by atoms with E-state index in [0.717, 1.165) is 38.4 Å². The fourth-order valence-corrected chi connectivity index (χ4v) is 4.45. The first-order chi connectivity index (χ1) is 14.0. The van der Waals surface area contributed by atoms with Gasteiger partial charge in [0, 0.05) is 23.7 Å². The van der Waals surface area contributed by atoms with Crippen LogP contribution in [0, 0.1) is 11.8 Å². The number of nitrogens with zero attached hydrogens (tertiary/aromatic N) is 2. The predicted octanol–water partition coefficient (Wildman–Crippen LogP) is 3.36. The minimum absolute atomic E-state index is 0.109. The zero-order valence-electron chi connectivity index (χ0n) is 17.1. The molecule has 2 fully saturated rings. The molecule has 1 saturated heterocycles. The lowest BCUT2D eigenvalue weighted by Gasteiger charge is -2.33. The van der Waals surface area contributed by atoms with Crippen LogP contribution in [0.1, 0.15) is 61.7 Å². The zero-order valence-corrected chi connectivity index (χ0v) is 17.1. The number of nitrogens with two attached hydrogens (primary N) is 2.